The number of benzene rings is 1. The lowest BCUT2D eigenvalue weighted by Crippen LogP contribution is -1.95. The fourth-order valence-electron chi connectivity index (χ4n) is 1.59. The van der Waals surface area contributed by atoms with Crippen LogP contribution in [0.4, 0.5) is 13.2 Å². The summed E-state index contributed by atoms with van der Waals surface area (Å²) in [7, 11) is 0. The molecule has 0 nitrogen and oxygen atoms in total. The molecular formula is C10H9F3. The Bertz CT molecular complexity index is 292. The van der Waals surface area contributed by atoms with Crippen LogP contribution in [0.15, 0.2) is 24.3 Å². The summed E-state index contributed by atoms with van der Waals surface area (Å²) in [5, 5.41) is 0. The van der Waals surface area contributed by atoms with E-state index in [1.807, 2.05) is 0 Å². The van der Waals surface area contributed by atoms with Gasteiger partial charge in [-0.25, -0.2) is 13.2 Å². The van der Waals surface area contributed by atoms with Gasteiger partial charge in [0, 0.05) is 5.92 Å². The molecule has 0 spiro atoms. The second-order valence-electron chi connectivity index (χ2n) is 3.39. The van der Waals surface area contributed by atoms with Crippen LogP contribution < -0.4 is 0 Å². The second-order valence-corrected chi connectivity index (χ2v) is 3.39. The first-order valence-corrected chi connectivity index (χ1v) is 4.22. The number of hydrogen-bond donors (Lipinski definition) is 0. The van der Waals surface area contributed by atoms with Crippen molar-refractivity contribution < 1.29 is 13.2 Å². The standard InChI is InChI=1S/C10H9F3/c11-7-3-1-6(2-4-7)8-5-9(8)10(12)13/h1-4,8-10H,5H2. The summed E-state index contributed by atoms with van der Waals surface area (Å²) in [5.41, 5.74) is 0.826. The lowest BCUT2D eigenvalue weighted by atomic mass is 10.1. The Morgan fingerprint density at radius 3 is 2.23 bits per heavy atom. The SMILES string of the molecule is Fc1ccc(C2CC2C(F)F)cc1. The predicted molar refractivity (Wildman–Crippen MR) is 43.3 cm³/mol. The molecule has 0 bridgehead atoms. The van der Waals surface area contributed by atoms with E-state index in [1.165, 1.54) is 12.1 Å². The van der Waals surface area contributed by atoms with Crippen molar-refractivity contribution in [3.8, 4) is 0 Å². The molecule has 0 amide bonds. The van der Waals surface area contributed by atoms with Crippen LogP contribution in [0, 0.1) is 11.7 Å². The minimum Gasteiger partial charge on any atom is -0.210 e. The minimum atomic E-state index is -2.24. The first kappa shape index (κ1) is 8.60. The molecule has 0 saturated heterocycles. The van der Waals surface area contributed by atoms with E-state index in [2.05, 4.69) is 0 Å². The van der Waals surface area contributed by atoms with Crippen molar-refractivity contribution in [2.75, 3.05) is 0 Å². The molecular weight excluding hydrogens is 177 g/mol. The molecule has 1 aliphatic carbocycles. The van der Waals surface area contributed by atoms with E-state index in [0.29, 0.717) is 6.42 Å². The van der Waals surface area contributed by atoms with Gasteiger partial charge < -0.3 is 0 Å². The van der Waals surface area contributed by atoms with Gasteiger partial charge in [0.05, 0.1) is 0 Å². The van der Waals surface area contributed by atoms with Crippen molar-refractivity contribution in [3.63, 3.8) is 0 Å². The second kappa shape index (κ2) is 3.05. The summed E-state index contributed by atoms with van der Waals surface area (Å²) in [6.07, 6.45) is -1.71. The Hall–Kier alpha value is -0.990. The summed E-state index contributed by atoms with van der Waals surface area (Å²) in [4.78, 5) is 0. The van der Waals surface area contributed by atoms with Crippen LogP contribution in [-0.2, 0) is 0 Å². The lowest BCUT2D eigenvalue weighted by molar-refractivity contribution is 0.120. The number of rotatable bonds is 2. The van der Waals surface area contributed by atoms with Crippen LogP contribution in [0.5, 0.6) is 0 Å². The van der Waals surface area contributed by atoms with E-state index in [4.69, 9.17) is 0 Å². The van der Waals surface area contributed by atoms with Gasteiger partial charge in [-0.2, -0.15) is 0 Å². The van der Waals surface area contributed by atoms with Crippen molar-refractivity contribution in [1.29, 1.82) is 0 Å². The largest absolute Gasteiger partial charge is 0.242 e. The zero-order valence-electron chi connectivity index (χ0n) is 6.88. The van der Waals surface area contributed by atoms with Crippen LogP contribution in [0.2, 0.25) is 0 Å². The smallest absolute Gasteiger partial charge is 0.210 e. The number of hydrogen-bond acceptors (Lipinski definition) is 0. The molecule has 1 aromatic rings. The average molecular weight is 186 g/mol. The molecule has 1 aliphatic rings. The van der Waals surface area contributed by atoms with Gasteiger partial charge in [-0.1, -0.05) is 12.1 Å². The molecule has 2 unspecified atom stereocenters. The Morgan fingerprint density at radius 1 is 1.15 bits per heavy atom. The van der Waals surface area contributed by atoms with Gasteiger partial charge in [0.2, 0.25) is 6.43 Å². The van der Waals surface area contributed by atoms with Gasteiger partial charge in [-0.05, 0) is 30.0 Å². The van der Waals surface area contributed by atoms with Crippen molar-refractivity contribution in [2.24, 2.45) is 5.92 Å². The van der Waals surface area contributed by atoms with Crippen LogP contribution in [-0.4, -0.2) is 6.43 Å². The van der Waals surface area contributed by atoms with Crippen LogP contribution in [0.1, 0.15) is 17.9 Å². The maximum atomic E-state index is 12.5. The van der Waals surface area contributed by atoms with Crippen LogP contribution >= 0.6 is 0 Å². The molecule has 0 aromatic heterocycles. The summed E-state index contributed by atoms with van der Waals surface area (Å²) in [6, 6.07) is 5.80. The van der Waals surface area contributed by atoms with Crippen molar-refractivity contribution in [3.05, 3.63) is 35.6 Å². The minimum absolute atomic E-state index is 0.0550. The average Bonchev–Trinajstić information content (AvgIpc) is 2.85. The molecule has 1 aromatic carbocycles. The van der Waals surface area contributed by atoms with E-state index in [-0.39, 0.29) is 11.7 Å². The molecule has 13 heavy (non-hydrogen) atoms. The van der Waals surface area contributed by atoms with E-state index in [9.17, 15) is 13.2 Å². The maximum Gasteiger partial charge on any atom is 0.242 e. The zero-order chi connectivity index (χ0) is 9.42. The molecule has 2 atom stereocenters. The van der Waals surface area contributed by atoms with Gasteiger partial charge in [0.15, 0.2) is 0 Å². The quantitative estimate of drug-likeness (QED) is 0.665. The Balaban J connectivity index is 2.08. The van der Waals surface area contributed by atoms with E-state index in [1.54, 1.807) is 12.1 Å². The summed E-state index contributed by atoms with van der Waals surface area (Å²) in [5.74, 6) is -0.885. The predicted octanol–water partition coefficient (Wildman–Crippen LogP) is 3.19. The number of halogens is 3. The van der Waals surface area contributed by atoms with Gasteiger partial charge in [-0.15, -0.1) is 0 Å². The zero-order valence-corrected chi connectivity index (χ0v) is 6.88. The third kappa shape index (κ3) is 1.69. The van der Waals surface area contributed by atoms with E-state index in [0.717, 1.165) is 5.56 Å². The molecule has 0 N–H and O–H groups in total. The van der Waals surface area contributed by atoms with E-state index < -0.39 is 12.3 Å². The van der Waals surface area contributed by atoms with Gasteiger partial charge in [-0.3, -0.25) is 0 Å². The highest BCUT2D eigenvalue weighted by molar-refractivity contribution is 5.26. The molecule has 70 valence electrons. The molecule has 3 heteroatoms. The van der Waals surface area contributed by atoms with Crippen molar-refractivity contribution in [2.45, 2.75) is 18.8 Å². The van der Waals surface area contributed by atoms with Gasteiger partial charge >= 0.3 is 0 Å². The monoisotopic (exact) mass is 186 g/mol. The third-order valence-electron chi connectivity index (χ3n) is 2.46. The summed E-state index contributed by atoms with van der Waals surface area (Å²) >= 11 is 0. The Morgan fingerprint density at radius 2 is 1.77 bits per heavy atom. The fourth-order valence-corrected chi connectivity index (χ4v) is 1.59. The highest BCUT2D eigenvalue weighted by Crippen LogP contribution is 2.50. The van der Waals surface area contributed by atoms with E-state index >= 15 is 0 Å². The van der Waals surface area contributed by atoms with Crippen molar-refractivity contribution >= 4 is 0 Å². The molecule has 0 radical (unpaired) electrons. The van der Waals surface area contributed by atoms with Gasteiger partial charge in [0.25, 0.3) is 0 Å². The highest BCUT2D eigenvalue weighted by atomic mass is 19.3. The van der Waals surface area contributed by atoms with Crippen molar-refractivity contribution in [1.82, 2.24) is 0 Å². The molecule has 0 aliphatic heterocycles. The first-order chi connectivity index (χ1) is 6.18. The Labute approximate surface area is 74.4 Å². The summed E-state index contributed by atoms with van der Waals surface area (Å²) in [6.45, 7) is 0. The summed E-state index contributed by atoms with van der Waals surface area (Å²) < 4.78 is 36.8. The van der Waals surface area contributed by atoms with Crippen LogP contribution in [0.3, 0.4) is 0 Å². The molecule has 0 heterocycles. The van der Waals surface area contributed by atoms with Gasteiger partial charge in [0.1, 0.15) is 5.82 Å². The Kier molecular flexibility index (Phi) is 2.02. The molecule has 2 rings (SSSR count). The van der Waals surface area contributed by atoms with Crippen LogP contribution in [0.25, 0.3) is 0 Å². The molecule has 1 saturated carbocycles. The topological polar surface area (TPSA) is 0 Å². The maximum absolute atomic E-state index is 12.5. The third-order valence-corrected chi connectivity index (χ3v) is 2.46. The fraction of sp³-hybridized carbons (Fsp3) is 0.400. The number of alkyl halides is 2. The normalized spacial score (nSPS) is 26.5. The highest BCUT2D eigenvalue weighted by Gasteiger charge is 2.44. The lowest BCUT2D eigenvalue weighted by Gasteiger charge is -1.99. The first-order valence-electron chi connectivity index (χ1n) is 4.22. The molecule has 1 fully saturated rings.